The first-order valence-electron chi connectivity index (χ1n) is 6.68. The van der Waals surface area contributed by atoms with Gasteiger partial charge in [-0.2, -0.15) is 0 Å². The number of fused-ring (bicyclic) bond motifs is 1. The number of nitrogens with zero attached hydrogens (tertiary/aromatic N) is 3. The summed E-state index contributed by atoms with van der Waals surface area (Å²) >= 11 is 0. The van der Waals surface area contributed by atoms with Crippen LogP contribution < -0.4 is 0 Å². The Morgan fingerprint density at radius 1 is 1.05 bits per heavy atom. The van der Waals surface area contributed by atoms with Crippen LogP contribution in [-0.4, -0.2) is 48.8 Å². The van der Waals surface area contributed by atoms with Gasteiger partial charge in [0.15, 0.2) is 17.9 Å². The molecule has 0 aliphatic carbocycles. The van der Waals surface area contributed by atoms with Gasteiger partial charge in [0, 0.05) is 4.91 Å². The Morgan fingerprint density at radius 3 is 2.40 bits per heavy atom. The van der Waals surface area contributed by atoms with Gasteiger partial charge in [0.2, 0.25) is 0 Å². The van der Waals surface area contributed by atoms with E-state index in [0.29, 0.717) is 6.61 Å². The second kappa shape index (κ2) is 4.56. The quantitative estimate of drug-likeness (QED) is 0.437. The van der Waals surface area contributed by atoms with Gasteiger partial charge in [-0.25, -0.2) is 0 Å². The Hall–Kier alpha value is -0.890. The molecule has 5 atom stereocenters. The highest BCUT2D eigenvalue weighted by Gasteiger charge is 2.57. The minimum absolute atomic E-state index is 0.304. The zero-order valence-electron chi connectivity index (χ0n) is 12.0. The minimum atomic E-state index is -0.740. The van der Waals surface area contributed by atoms with Crippen molar-refractivity contribution >= 4 is 0 Å². The van der Waals surface area contributed by atoms with E-state index in [4.69, 9.17) is 29.2 Å². The van der Waals surface area contributed by atoms with E-state index in [1.807, 2.05) is 13.8 Å². The predicted octanol–water partition coefficient (Wildman–Crippen LogP) is 1.69. The fraction of sp³-hybridized carbons (Fsp3) is 1.00. The highest BCUT2D eigenvalue weighted by molar-refractivity contribution is 5.01. The first-order chi connectivity index (χ1) is 9.31. The molecule has 3 aliphatic heterocycles. The van der Waals surface area contributed by atoms with Crippen molar-refractivity contribution < 1.29 is 23.7 Å². The first-order valence-corrected chi connectivity index (χ1v) is 6.68. The Bertz CT molecular complexity index is 448. The number of hydrogen-bond donors (Lipinski definition) is 0. The molecule has 0 spiro atoms. The zero-order chi connectivity index (χ0) is 14.5. The SMILES string of the molecule is CC1(C)OC2[C@H](O[C@@H]([C@H]3COC(C)(C)O3)[C@H]2N=[N+]=[N-])O1. The molecule has 0 radical (unpaired) electrons. The summed E-state index contributed by atoms with van der Waals surface area (Å²) in [5, 5.41) is 3.82. The van der Waals surface area contributed by atoms with Crippen LogP contribution in [0.1, 0.15) is 27.7 Å². The molecule has 8 nitrogen and oxygen atoms in total. The van der Waals surface area contributed by atoms with Gasteiger partial charge in [-0.15, -0.1) is 0 Å². The summed E-state index contributed by atoms with van der Waals surface area (Å²) in [6, 6.07) is -0.491. The van der Waals surface area contributed by atoms with Gasteiger partial charge in [0.05, 0.1) is 12.6 Å². The lowest BCUT2D eigenvalue weighted by Gasteiger charge is -2.26. The van der Waals surface area contributed by atoms with Crippen LogP contribution in [0.25, 0.3) is 10.4 Å². The van der Waals surface area contributed by atoms with Gasteiger partial charge < -0.3 is 23.7 Å². The molecule has 0 aromatic carbocycles. The van der Waals surface area contributed by atoms with Gasteiger partial charge in [0.1, 0.15) is 18.3 Å². The fourth-order valence-corrected chi connectivity index (χ4v) is 2.89. The third-order valence-electron chi connectivity index (χ3n) is 3.63. The fourth-order valence-electron chi connectivity index (χ4n) is 2.89. The van der Waals surface area contributed by atoms with Crippen LogP contribution in [0.3, 0.4) is 0 Å². The van der Waals surface area contributed by atoms with E-state index in [2.05, 4.69) is 10.0 Å². The monoisotopic (exact) mass is 285 g/mol. The molecule has 3 aliphatic rings. The van der Waals surface area contributed by atoms with E-state index in [9.17, 15) is 0 Å². The topological polar surface area (TPSA) is 94.9 Å². The highest BCUT2D eigenvalue weighted by Crippen LogP contribution is 2.41. The Labute approximate surface area is 116 Å². The van der Waals surface area contributed by atoms with Crippen molar-refractivity contribution in [3.63, 3.8) is 0 Å². The molecule has 0 amide bonds. The van der Waals surface area contributed by atoms with Gasteiger partial charge in [-0.1, -0.05) is 5.11 Å². The van der Waals surface area contributed by atoms with Crippen molar-refractivity contribution in [1.82, 2.24) is 0 Å². The molecular weight excluding hydrogens is 266 g/mol. The third kappa shape index (κ3) is 2.39. The van der Waals surface area contributed by atoms with Gasteiger partial charge in [-0.3, -0.25) is 0 Å². The van der Waals surface area contributed by atoms with E-state index in [1.165, 1.54) is 0 Å². The van der Waals surface area contributed by atoms with Crippen LogP contribution in [0.15, 0.2) is 5.11 Å². The highest BCUT2D eigenvalue weighted by atomic mass is 16.8. The molecule has 3 heterocycles. The van der Waals surface area contributed by atoms with Crippen molar-refractivity contribution in [1.29, 1.82) is 0 Å². The maximum Gasteiger partial charge on any atom is 0.188 e. The summed E-state index contributed by atoms with van der Waals surface area (Å²) in [6.07, 6.45) is -1.70. The van der Waals surface area contributed by atoms with E-state index < -0.39 is 36.1 Å². The van der Waals surface area contributed by atoms with Crippen LogP contribution in [0.4, 0.5) is 0 Å². The number of hydrogen-bond acceptors (Lipinski definition) is 6. The molecule has 0 aromatic heterocycles. The normalized spacial score (nSPS) is 45.1. The van der Waals surface area contributed by atoms with Crippen molar-refractivity contribution in [2.75, 3.05) is 6.61 Å². The van der Waals surface area contributed by atoms with Crippen LogP contribution in [-0.2, 0) is 23.7 Å². The molecule has 0 N–H and O–H groups in total. The molecule has 0 bridgehead atoms. The van der Waals surface area contributed by atoms with E-state index in [-0.39, 0.29) is 6.10 Å². The molecule has 3 fully saturated rings. The molecule has 112 valence electrons. The standard InChI is InChI=1S/C12H19N3O5/c1-11(2)16-5-6(18-11)8-7(14-15-13)9-10(17-8)20-12(3,4)19-9/h6-10H,5H2,1-4H3/t6-,7-,8+,9?,10-/m1/s1. The van der Waals surface area contributed by atoms with Crippen molar-refractivity contribution in [3.05, 3.63) is 10.4 Å². The van der Waals surface area contributed by atoms with Crippen LogP contribution in [0.2, 0.25) is 0 Å². The summed E-state index contributed by atoms with van der Waals surface area (Å²) in [4.78, 5) is 2.90. The van der Waals surface area contributed by atoms with Crippen LogP contribution in [0, 0.1) is 0 Å². The number of rotatable bonds is 2. The Morgan fingerprint density at radius 2 is 1.80 bits per heavy atom. The predicted molar refractivity (Wildman–Crippen MR) is 66.5 cm³/mol. The summed E-state index contributed by atoms with van der Waals surface area (Å²) < 4.78 is 28.6. The Balaban J connectivity index is 1.78. The smallest absolute Gasteiger partial charge is 0.188 e. The van der Waals surface area contributed by atoms with Crippen LogP contribution in [0.5, 0.6) is 0 Å². The minimum Gasteiger partial charge on any atom is -0.348 e. The van der Waals surface area contributed by atoms with Gasteiger partial charge >= 0.3 is 0 Å². The average molecular weight is 285 g/mol. The van der Waals surface area contributed by atoms with Crippen molar-refractivity contribution in [2.45, 2.75) is 69.9 Å². The zero-order valence-corrected chi connectivity index (χ0v) is 12.0. The van der Waals surface area contributed by atoms with Gasteiger partial charge in [-0.05, 0) is 33.2 Å². The summed E-state index contributed by atoms with van der Waals surface area (Å²) in [5.74, 6) is -1.40. The summed E-state index contributed by atoms with van der Waals surface area (Å²) in [5.41, 5.74) is 8.77. The van der Waals surface area contributed by atoms with E-state index in [0.717, 1.165) is 0 Å². The molecule has 3 rings (SSSR count). The molecule has 20 heavy (non-hydrogen) atoms. The lowest BCUT2D eigenvalue weighted by molar-refractivity contribution is -0.222. The third-order valence-corrected chi connectivity index (χ3v) is 3.63. The van der Waals surface area contributed by atoms with Crippen molar-refractivity contribution in [3.8, 4) is 0 Å². The van der Waals surface area contributed by atoms with E-state index >= 15 is 0 Å². The summed E-state index contributed by atoms with van der Waals surface area (Å²) in [7, 11) is 0. The molecule has 0 saturated carbocycles. The van der Waals surface area contributed by atoms with Crippen molar-refractivity contribution in [2.24, 2.45) is 5.11 Å². The van der Waals surface area contributed by atoms with E-state index in [1.54, 1.807) is 13.8 Å². The summed E-state index contributed by atoms with van der Waals surface area (Å²) in [6.45, 7) is 7.66. The number of azide groups is 1. The van der Waals surface area contributed by atoms with Crippen LogP contribution >= 0.6 is 0 Å². The maximum atomic E-state index is 8.77. The second-order valence-corrected chi connectivity index (χ2v) is 6.13. The van der Waals surface area contributed by atoms with Gasteiger partial charge in [0.25, 0.3) is 0 Å². The number of ether oxygens (including phenoxy) is 5. The molecule has 1 unspecified atom stereocenters. The molecule has 8 heteroatoms. The molecule has 0 aromatic rings. The largest absolute Gasteiger partial charge is 0.348 e. The molecule has 3 saturated heterocycles. The molecular formula is C12H19N3O5. The Kier molecular flexibility index (Phi) is 3.20. The first kappa shape index (κ1) is 14.1. The maximum absolute atomic E-state index is 8.77. The second-order valence-electron chi connectivity index (χ2n) is 6.13. The lowest BCUT2D eigenvalue weighted by atomic mass is 10.0. The lowest BCUT2D eigenvalue weighted by Crippen LogP contribution is -2.41. The average Bonchev–Trinajstić information content (AvgIpc) is 2.91.